The minimum absolute atomic E-state index is 1.14. The average Bonchev–Trinajstić information content (AvgIpc) is 3.08. The van der Waals surface area contributed by atoms with Crippen LogP contribution in [0.1, 0.15) is 25.0 Å². The van der Waals surface area contributed by atoms with Crippen LogP contribution in [0.25, 0.3) is 10.1 Å². The molecule has 1 aromatic carbocycles. The van der Waals surface area contributed by atoms with Crippen LogP contribution < -0.4 is 0 Å². The number of fused-ring (bicyclic) bond motifs is 1. The Balaban J connectivity index is 0.000000149. The molecule has 0 aliphatic rings. The van der Waals surface area contributed by atoms with Gasteiger partial charge in [0.2, 0.25) is 0 Å². The molecule has 3 rings (SSSR count). The van der Waals surface area contributed by atoms with Crippen molar-refractivity contribution in [3.63, 3.8) is 0 Å². The topological polar surface area (TPSA) is 0 Å². The highest BCUT2D eigenvalue weighted by Gasteiger charge is 1.98. The molecule has 0 spiro atoms. The summed E-state index contributed by atoms with van der Waals surface area (Å²) in [5, 5.41) is 7.98. The highest BCUT2D eigenvalue weighted by molar-refractivity contribution is 7.17. The summed E-state index contributed by atoms with van der Waals surface area (Å²) >= 11 is 3.60. The molecule has 0 nitrogen and oxygen atoms in total. The molecule has 0 saturated carbocycles. The van der Waals surface area contributed by atoms with Gasteiger partial charge in [-0.3, -0.25) is 0 Å². The van der Waals surface area contributed by atoms with E-state index < -0.39 is 0 Å². The van der Waals surface area contributed by atoms with E-state index in [1.807, 2.05) is 11.3 Å². The molecule has 0 unspecified atom stereocenters. The van der Waals surface area contributed by atoms with Gasteiger partial charge in [0.25, 0.3) is 0 Å². The number of hydrogen-bond donors (Lipinski definition) is 0. The maximum Gasteiger partial charge on any atom is 0.0345 e. The Labute approximate surface area is 117 Å². The predicted octanol–water partition coefficient (Wildman–Crippen LogP) is 5.77. The van der Waals surface area contributed by atoms with E-state index in [1.165, 1.54) is 27.6 Å². The van der Waals surface area contributed by atoms with E-state index in [0.29, 0.717) is 0 Å². The molecule has 0 saturated heterocycles. The van der Waals surface area contributed by atoms with Crippen LogP contribution in [0.5, 0.6) is 0 Å². The SMILES string of the molecule is CCc1ccsc1.CCc1csc2ccccc12. The molecule has 94 valence electrons. The zero-order valence-electron chi connectivity index (χ0n) is 10.8. The van der Waals surface area contributed by atoms with E-state index in [1.54, 1.807) is 11.3 Å². The lowest BCUT2D eigenvalue weighted by Gasteiger charge is -1.90. The van der Waals surface area contributed by atoms with Crippen LogP contribution in [0.15, 0.2) is 46.5 Å². The van der Waals surface area contributed by atoms with Gasteiger partial charge in [0.05, 0.1) is 0 Å². The highest BCUT2D eigenvalue weighted by atomic mass is 32.1. The van der Waals surface area contributed by atoms with Gasteiger partial charge in [0.15, 0.2) is 0 Å². The molecule has 2 aromatic heterocycles. The first kappa shape index (κ1) is 13.3. The van der Waals surface area contributed by atoms with Gasteiger partial charge in [-0.15, -0.1) is 11.3 Å². The summed E-state index contributed by atoms with van der Waals surface area (Å²) in [6, 6.07) is 10.7. The van der Waals surface area contributed by atoms with Crippen molar-refractivity contribution in [3.05, 3.63) is 57.6 Å². The second-order valence-electron chi connectivity index (χ2n) is 4.10. The van der Waals surface area contributed by atoms with Gasteiger partial charge in [-0.1, -0.05) is 32.0 Å². The van der Waals surface area contributed by atoms with Gasteiger partial charge in [-0.05, 0) is 57.6 Å². The molecular weight excluding hydrogens is 256 g/mol. The van der Waals surface area contributed by atoms with Crippen LogP contribution in [0.3, 0.4) is 0 Å². The Bertz CT molecular complexity index is 576. The van der Waals surface area contributed by atoms with E-state index >= 15 is 0 Å². The molecule has 0 aliphatic carbocycles. The lowest BCUT2D eigenvalue weighted by Crippen LogP contribution is -1.72. The van der Waals surface area contributed by atoms with Crippen molar-refractivity contribution in [3.8, 4) is 0 Å². The van der Waals surface area contributed by atoms with Crippen LogP contribution in [-0.4, -0.2) is 0 Å². The van der Waals surface area contributed by atoms with Crippen LogP contribution >= 0.6 is 22.7 Å². The molecule has 3 aromatic rings. The fraction of sp³-hybridized carbons (Fsp3) is 0.250. The molecule has 0 bridgehead atoms. The average molecular weight is 274 g/mol. The summed E-state index contributed by atoms with van der Waals surface area (Å²) < 4.78 is 1.41. The lowest BCUT2D eigenvalue weighted by molar-refractivity contribution is 1.16. The summed E-state index contributed by atoms with van der Waals surface area (Å²) in [6.07, 6.45) is 2.31. The predicted molar refractivity (Wildman–Crippen MR) is 84.9 cm³/mol. The Morgan fingerprint density at radius 1 is 0.944 bits per heavy atom. The quantitative estimate of drug-likeness (QED) is 0.556. The van der Waals surface area contributed by atoms with Gasteiger partial charge in [0.1, 0.15) is 0 Å². The van der Waals surface area contributed by atoms with E-state index in [0.717, 1.165) is 6.42 Å². The van der Waals surface area contributed by atoms with Crippen LogP contribution in [0.4, 0.5) is 0 Å². The Morgan fingerprint density at radius 3 is 2.39 bits per heavy atom. The maximum atomic E-state index is 2.25. The van der Waals surface area contributed by atoms with Gasteiger partial charge in [0, 0.05) is 4.70 Å². The molecule has 2 heteroatoms. The van der Waals surface area contributed by atoms with Crippen LogP contribution in [0, 0.1) is 0 Å². The maximum absolute atomic E-state index is 2.25. The Kier molecular flexibility index (Phi) is 4.97. The summed E-state index contributed by atoms with van der Waals surface area (Å²) in [6.45, 7) is 4.37. The second-order valence-corrected chi connectivity index (χ2v) is 5.79. The molecule has 0 N–H and O–H groups in total. The summed E-state index contributed by atoms with van der Waals surface area (Å²) in [5.74, 6) is 0. The molecule has 18 heavy (non-hydrogen) atoms. The standard InChI is InChI=1S/C10H10S.C6H8S/c1-2-8-7-11-10-6-4-3-5-9(8)10;1-2-6-3-4-7-5-6/h3-7H,2H2,1H3;3-5H,2H2,1H3. The third-order valence-corrected chi connectivity index (χ3v) is 4.67. The zero-order chi connectivity index (χ0) is 12.8. The molecule has 0 amide bonds. The molecule has 2 heterocycles. The van der Waals surface area contributed by atoms with Gasteiger partial charge in [-0.25, -0.2) is 0 Å². The Morgan fingerprint density at radius 2 is 1.78 bits per heavy atom. The van der Waals surface area contributed by atoms with Gasteiger partial charge >= 0.3 is 0 Å². The first-order valence-electron chi connectivity index (χ1n) is 6.31. The van der Waals surface area contributed by atoms with E-state index in [-0.39, 0.29) is 0 Å². The first-order valence-corrected chi connectivity index (χ1v) is 8.13. The summed E-state index contributed by atoms with van der Waals surface area (Å²) in [4.78, 5) is 0. The summed E-state index contributed by atoms with van der Waals surface area (Å²) in [5.41, 5.74) is 2.93. The molecule has 0 aliphatic heterocycles. The fourth-order valence-electron chi connectivity index (χ4n) is 1.80. The highest BCUT2D eigenvalue weighted by Crippen LogP contribution is 2.25. The summed E-state index contributed by atoms with van der Waals surface area (Å²) in [7, 11) is 0. The van der Waals surface area contributed by atoms with E-state index in [9.17, 15) is 0 Å². The number of aryl methyl sites for hydroxylation is 2. The third-order valence-electron chi connectivity index (χ3n) is 2.93. The van der Waals surface area contributed by atoms with Gasteiger partial charge in [-0.2, -0.15) is 11.3 Å². The van der Waals surface area contributed by atoms with Crippen molar-refractivity contribution >= 4 is 32.8 Å². The van der Waals surface area contributed by atoms with Crippen molar-refractivity contribution in [1.82, 2.24) is 0 Å². The smallest absolute Gasteiger partial charge is 0.0345 e. The zero-order valence-corrected chi connectivity index (χ0v) is 12.5. The second kappa shape index (κ2) is 6.72. The number of thiophene rings is 2. The first-order chi connectivity index (χ1) is 8.85. The number of benzene rings is 1. The van der Waals surface area contributed by atoms with Crippen molar-refractivity contribution in [2.75, 3.05) is 0 Å². The minimum atomic E-state index is 1.14. The molecule has 0 radical (unpaired) electrons. The van der Waals surface area contributed by atoms with Crippen LogP contribution in [-0.2, 0) is 12.8 Å². The lowest BCUT2D eigenvalue weighted by atomic mass is 10.1. The minimum Gasteiger partial charge on any atom is -0.152 e. The largest absolute Gasteiger partial charge is 0.152 e. The third kappa shape index (κ3) is 3.21. The van der Waals surface area contributed by atoms with E-state index in [4.69, 9.17) is 0 Å². The molecule has 0 atom stereocenters. The number of hydrogen-bond acceptors (Lipinski definition) is 2. The Hall–Kier alpha value is -1.12. The number of rotatable bonds is 2. The van der Waals surface area contributed by atoms with Crippen LogP contribution in [0.2, 0.25) is 0 Å². The normalized spacial score (nSPS) is 10.1. The molecule has 0 fully saturated rings. The molecular formula is C16H18S2. The monoisotopic (exact) mass is 274 g/mol. The van der Waals surface area contributed by atoms with Crippen molar-refractivity contribution in [2.24, 2.45) is 0 Å². The van der Waals surface area contributed by atoms with Crippen molar-refractivity contribution in [2.45, 2.75) is 26.7 Å². The fourth-order valence-corrected chi connectivity index (χ4v) is 3.60. The van der Waals surface area contributed by atoms with Gasteiger partial charge < -0.3 is 0 Å². The van der Waals surface area contributed by atoms with E-state index in [2.05, 4.69) is 60.3 Å². The van der Waals surface area contributed by atoms with Crippen molar-refractivity contribution in [1.29, 1.82) is 0 Å². The van der Waals surface area contributed by atoms with Crippen molar-refractivity contribution < 1.29 is 0 Å².